The summed E-state index contributed by atoms with van der Waals surface area (Å²) in [5, 5.41) is -0.332. The van der Waals surface area contributed by atoms with E-state index in [2.05, 4.69) is 4.98 Å². The fourth-order valence-electron chi connectivity index (χ4n) is 5.07. The summed E-state index contributed by atoms with van der Waals surface area (Å²) < 4.78 is 40.5. The summed E-state index contributed by atoms with van der Waals surface area (Å²) in [6.07, 6.45) is 1.10. The van der Waals surface area contributed by atoms with E-state index in [1.807, 2.05) is 19.1 Å². The highest BCUT2D eigenvalue weighted by atomic mass is 35.5. The SMILES string of the molecule is Cc1cc(C2CC2)cc(N2C(=O)[C@@]3(C)OC(C)(C)O[C@H]3[C@H]2C(=O)N(C)c2cc(Cl)c(F)cc2F)n1. The van der Waals surface area contributed by atoms with Gasteiger partial charge < -0.3 is 14.4 Å². The molecule has 5 rings (SSSR count). The Hall–Kier alpha value is -2.62. The van der Waals surface area contributed by atoms with Gasteiger partial charge in [0.2, 0.25) is 0 Å². The van der Waals surface area contributed by atoms with Crippen LogP contribution >= 0.6 is 11.6 Å². The lowest BCUT2D eigenvalue weighted by Gasteiger charge is -2.31. The molecule has 0 N–H and O–H groups in total. The van der Waals surface area contributed by atoms with E-state index in [-0.39, 0.29) is 10.7 Å². The predicted octanol–water partition coefficient (Wildman–Crippen LogP) is 4.49. The van der Waals surface area contributed by atoms with Gasteiger partial charge in [-0.05, 0) is 70.2 Å². The molecule has 3 heterocycles. The van der Waals surface area contributed by atoms with Crippen LogP contribution in [0.25, 0.3) is 0 Å². The Bertz CT molecular complexity index is 1250. The van der Waals surface area contributed by atoms with Gasteiger partial charge in [-0.2, -0.15) is 0 Å². The Morgan fingerprint density at radius 2 is 1.86 bits per heavy atom. The first kappa shape index (κ1) is 24.1. The third kappa shape index (κ3) is 3.90. The molecule has 0 spiro atoms. The molecule has 3 atom stereocenters. The Labute approximate surface area is 207 Å². The van der Waals surface area contributed by atoms with Crippen molar-refractivity contribution in [3.63, 3.8) is 0 Å². The summed E-state index contributed by atoms with van der Waals surface area (Å²) >= 11 is 5.86. The van der Waals surface area contributed by atoms with Gasteiger partial charge in [0.05, 0.1) is 10.7 Å². The quantitative estimate of drug-likeness (QED) is 0.573. The number of amides is 2. The van der Waals surface area contributed by atoms with Crippen LogP contribution in [0, 0.1) is 18.6 Å². The molecule has 1 aromatic carbocycles. The van der Waals surface area contributed by atoms with Crippen LogP contribution in [0.2, 0.25) is 5.02 Å². The molecule has 3 aliphatic rings. The maximum atomic E-state index is 14.7. The normalized spacial score (nSPS) is 27.3. The first-order valence-corrected chi connectivity index (χ1v) is 11.8. The van der Waals surface area contributed by atoms with Gasteiger partial charge in [0.1, 0.15) is 29.6 Å². The van der Waals surface area contributed by atoms with E-state index in [1.54, 1.807) is 20.8 Å². The van der Waals surface area contributed by atoms with Gasteiger partial charge in [0.25, 0.3) is 11.8 Å². The molecule has 0 bridgehead atoms. The molecule has 7 nitrogen and oxygen atoms in total. The largest absolute Gasteiger partial charge is 0.341 e. The van der Waals surface area contributed by atoms with E-state index in [4.69, 9.17) is 21.1 Å². The van der Waals surface area contributed by atoms with Crippen LogP contribution < -0.4 is 9.80 Å². The van der Waals surface area contributed by atoms with E-state index >= 15 is 0 Å². The number of aryl methyl sites for hydroxylation is 1. The van der Waals surface area contributed by atoms with E-state index in [9.17, 15) is 18.4 Å². The summed E-state index contributed by atoms with van der Waals surface area (Å²) in [5.41, 5.74) is 0.0592. The van der Waals surface area contributed by atoms with Crippen LogP contribution in [0.15, 0.2) is 24.3 Å². The number of hydrogen-bond acceptors (Lipinski definition) is 5. The van der Waals surface area contributed by atoms with Crippen LogP contribution in [0.1, 0.15) is 50.8 Å². The maximum absolute atomic E-state index is 14.7. The van der Waals surface area contributed by atoms with Crippen molar-refractivity contribution in [2.24, 2.45) is 0 Å². The molecule has 0 radical (unpaired) electrons. The van der Waals surface area contributed by atoms with Crippen molar-refractivity contribution in [2.45, 2.75) is 70.0 Å². The summed E-state index contributed by atoms with van der Waals surface area (Å²) in [5.74, 6) is -3.45. The van der Waals surface area contributed by atoms with Gasteiger partial charge in [-0.25, -0.2) is 13.8 Å². The van der Waals surface area contributed by atoms with Crippen molar-refractivity contribution in [3.05, 3.63) is 52.2 Å². The minimum atomic E-state index is -1.46. The van der Waals surface area contributed by atoms with Crippen LogP contribution in [0.3, 0.4) is 0 Å². The molecular weight excluding hydrogens is 480 g/mol. The summed E-state index contributed by atoms with van der Waals surface area (Å²) in [6, 6.07) is 4.23. The number of carbonyl (C=O) groups is 2. The number of rotatable bonds is 4. The Morgan fingerprint density at radius 1 is 1.17 bits per heavy atom. The van der Waals surface area contributed by atoms with Gasteiger partial charge in [-0.1, -0.05) is 11.6 Å². The zero-order valence-corrected chi connectivity index (χ0v) is 20.8. The second kappa shape index (κ2) is 7.94. The fourth-order valence-corrected chi connectivity index (χ4v) is 5.23. The molecule has 0 unspecified atom stereocenters. The molecule has 2 saturated heterocycles. The second-order valence-corrected chi connectivity index (χ2v) is 10.5. The zero-order chi connectivity index (χ0) is 25.4. The number of anilines is 2. The number of aromatic nitrogens is 1. The van der Waals surface area contributed by atoms with E-state index in [0.717, 1.165) is 29.4 Å². The number of ether oxygens (including phenoxy) is 2. The molecule has 2 aliphatic heterocycles. The molecule has 2 aromatic rings. The third-order valence-corrected chi connectivity index (χ3v) is 7.10. The summed E-state index contributed by atoms with van der Waals surface area (Å²) in [7, 11) is 1.34. The molecule has 3 fully saturated rings. The van der Waals surface area contributed by atoms with Gasteiger partial charge in [-0.3, -0.25) is 14.5 Å². The molecule has 2 amide bonds. The smallest absolute Gasteiger partial charge is 0.263 e. The maximum Gasteiger partial charge on any atom is 0.263 e. The molecule has 186 valence electrons. The number of carbonyl (C=O) groups excluding carboxylic acids is 2. The average molecular weight is 506 g/mol. The van der Waals surface area contributed by atoms with Crippen LogP contribution in [-0.2, 0) is 19.1 Å². The van der Waals surface area contributed by atoms with E-state index in [0.29, 0.717) is 23.5 Å². The van der Waals surface area contributed by atoms with Crippen molar-refractivity contribution in [1.29, 1.82) is 0 Å². The van der Waals surface area contributed by atoms with Gasteiger partial charge >= 0.3 is 0 Å². The van der Waals surface area contributed by atoms with Crippen molar-refractivity contribution in [2.75, 3.05) is 16.8 Å². The Balaban J connectivity index is 1.61. The van der Waals surface area contributed by atoms with Crippen LogP contribution in [0.5, 0.6) is 0 Å². The number of halogens is 3. The van der Waals surface area contributed by atoms with Gasteiger partial charge in [0.15, 0.2) is 11.4 Å². The molecule has 10 heteroatoms. The summed E-state index contributed by atoms with van der Waals surface area (Å²) in [4.78, 5) is 34.6. The first-order valence-electron chi connectivity index (χ1n) is 11.4. The number of pyridine rings is 1. The number of hydrogen-bond donors (Lipinski definition) is 0. The highest BCUT2D eigenvalue weighted by Gasteiger charge is 2.68. The zero-order valence-electron chi connectivity index (χ0n) is 20.1. The average Bonchev–Trinajstić information content (AvgIpc) is 3.55. The van der Waals surface area contributed by atoms with Gasteiger partial charge in [-0.15, -0.1) is 0 Å². The van der Waals surface area contributed by atoms with Crippen LogP contribution in [-0.4, -0.2) is 47.4 Å². The molecule has 35 heavy (non-hydrogen) atoms. The van der Waals surface area contributed by atoms with Crippen molar-refractivity contribution in [3.8, 4) is 0 Å². The molecule has 1 saturated carbocycles. The first-order chi connectivity index (χ1) is 16.3. The third-order valence-electron chi connectivity index (χ3n) is 6.81. The van der Waals surface area contributed by atoms with Crippen molar-refractivity contribution in [1.82, 2.24) is 4.98 Å². The van der Waals surface area contributed by atoms with Crippen molar-refractivity contribution < 1.29 is 27.8 Å². The highest BCUT2D eigenvalue weighted by Crippen LogP contribution is 2.48. The molecule has 1 aliphatic carbocycles. The number of likely N-dealkylation sites (N-methyl/N-ethyl adjacent to an activating group) is 1. The predicted molar refractivity (Wildman–Crippen MR) is 125 cm³/mol. The van der Waals surface area contributed by atoms with Gasteiger partial charge in [0, 0.05) is 18.8 Å². The lowest BCUT2D eigenvalue weighted by Crippen LogP contribution is -2.51. The Morgan fingerprint density at radius 3 is 2.51 bits per heavy atom. The number of nitrogens with zero attached hydrogens (tertiary/aromatic N) is 3. The van der Waals surface area contributed by atoms with E-state index in [1.165, 1.54) is 11.9 Å². The minimum Gasteiger partial charge on any atom is -0.341 e. The number of benzene rings is 1. The summed E-state index contributed by atoms with van der Waals surface area (Å²) in [6.45, 7) is 6.74. The standard InChI is InChI=1S/C25H26ClF2N3O4/c1-12-8-14(13-6-7-13)9-19(29-12)31-20(21-25(4,23(31)33)35-24(2,3)34-21)22(32)30(5)18-10-15(26)16(27)11-17(18)28/h8-11,13,20-21H,6-7H2,1-5H3/t20-,21-,25-/m0/s1. The second-order valence-electron chi connectivity index (χ2n) is 10.1. The van der Waals surface area contributed by atoms with Crippen molar-refractivity contribution >= 4 is 34.9 Å². The minimum absolute atomic E-state index is 0.226. The molecule has 1 aromatic heterocycles. The number of fused-ring (bicyclic) bond motifs is 1. The lowest BCUT2D eigenvalue weighted by molar-refractivity contribution is -0.173. The Kier molecular flexibility index (Phi) is 5.47. The van der Waals surface area contributed by atoms with Crippen LogP contribution in [0.4, 0.5) is 20.3 Å². The monoisotopic (exact) mass is 505 g/mol. The molecular formula is C25H26ClF2N3O4. The topological polar surface area (TPSA) is 72.0 Å². The lowest BCUT2D eigenvalue weighted by atomic mass is 9.97. The fraction of sp³-hybridized carbons (Fsp3) is 0.480. The highest BCUT2D eigenvalue weighted by molar-refractivity contribution is 6.31. The van der Waals surface area contributed by atoms with E-state index < -0.39 is 47.0 Å².